The number of nitrogens with one attached hydrogen (secondary N) is 2. The van der Waals surface area contributed by atoms with Crippen LogP contribution in [0.1, 0.15) is 11.4 Å². The quantitative estimate of drug-likeness (QED) is 0.546. The number of benzene rings is 2. The van der Waals surface area contributed by atoms with Crippen LogP contribution >= 0.6 is 0 Å². The van der Waals surface area contributed by atoms with Gasteiger partial charge in [0.1, 0.15) is 17.2 Å². The van der Waals surface area contributed by atoms with Gasteiger partial charge in [0, 0.05) is 17.5 Å². The second-order valence-electron chi connectivity index (χ2n) is 5.57. The summed E-state index contributed by atoms with van der Waals surface area (Å²) < 4.78 is 5.86. The molecule has 8 heteroatoms. The molecule has 0 bridgehead atoms. The van der Waals surface area contributed by atoms with E-state index in [0.717, 1.165) is 22.3 Å². The van der Waals surface area contributed by atoms with Crippen LogP contribution in [-0.2, 0) is 0 Å². The highest BCUT2D eigenvalue weighted by Gasteiger charge is 2.11. The van der Waals surface area contributed by atoms with Crippen molar-refractivity contribution in [2.75, 3.05) is 5.32 Å². The van der Waals surface area contributed by atoms with Crippen molar-refractivity contribution in [2.24, 2.45) is 0 Å². The summed E-state index contributed by atoms with van der Waals surface area (Å²) in [5.74, 6) is 0.805. The minimum atomic E-state index is 0.226. The number of aryl methyl sites for hydroxylation is 1. The van der Waals surface area contributed by atoms with E-state index in [9.17, 15) is 5.26 Å². The van der Waals surface area contributed by atoms with Crippen molar-refractivity contribution >= 4 is 22.4 Å². The van der Waals surface area contributed by atoms with Crippen LogP contribution in [0.3, 0.4) is 0 Å². The Bertz CT molecular complexity index is 1140. The van der Waals surface area contributed by atoms with Crippen molar-refractivity contribution in [3.05, 3.63) is 60.1 Å². The number of H-pyrrole nitrogens is 1. The van der Waals surface area contributed by atoms with Crippen LogP contribution in [0.25, 0.3) is 28.1 Å². The fourth-order valence-corrected chi connectivity index (χ4v) is 2.52. The number of hydrogen-bond acceptors (Lipinski definition) is 7. The van der Waals surface area contributed by atoms with Gasteiger partial charge in [-0.3, -0.25) is 0 Å². The fraction of sp³-hybridized carbons (Fsp3) is 0.0556. The minimum Gasteiger partial charge on any atom is -0.436 e. The SMILES string of the molecule is Cc1ccccc1-c1nc2cc(NC=C(C#N)c3nn[nH]n3)ccc2o1. The maximum atomic E-state index is 9.20. The summed E-state index contributed by atoms with van der Waals surface area (Å²) in [7, 11) is 0. The molecule has 2 heterocycles. The van der Waals surface area contributed by atoms with Crippen LogP contribution in [0.15, 0.2) is 53.1 Å². The van der Waals surface area contributed by atoms with Crippen molar-refractivity contribution in [1.82, 2.24) is 25.6 Å². The Morgan fingerprint density at radius 3 is 2.92 bits per heavy atom. The predicted octanol–water partition coefficient (Wildman–Crippen LogP) is 3.29. The van der Waals surface area contributed by atoms with E-state index in [1.807, 2.05) is 55.5 Å². The van der Waals surface area contributed by atoms with E-state index >= 15 is 0 Å². The van der Waals surface area contributed by atoms with Crippen LogP contribution in [0, 0.1) is 18.3 Å². The third kappa shape index (κ3) is 2.89. The number of tetrazole rings is 1. The number of oxazole rings is 1. The van der Waals surface area contributed by atoms with Crippen LogP contribution in [0.2, 0.25) is 0 Å². The van der Waals surface area contributed by atoms with E-state index in [0.29, 0.717) is 11.5 Å². The predicted molar refractivity (Wildman–Crippen MR) is 95.6 cm³/mol. The molecule has 0 radical (unpaired) electrons. The molecule has 0 amide bonds. The van der Waals surface area contributed by atoms with Gasteiger partial charge in [-0.15, -0.1) is 10.2 Å². The van der Waals surface area contributed by atoms with Crippen molar-refractivity contribution in [3.63, 3.8) is 0 Å². The van der Waals surface area contributed by atoms with E-state index in [2.05, 4.69) is 30.9 Å². The second-order valence-corrected chi connectivity index (χ2v) is 5.57. The summed E-state index contributed by atoms with van der Waals surface area (Å²) in [6.45, 7) is 2.02. The Morgan fingerprint density at radius 1 is 1.27 bits per heavy atom. The van der Waals surface area contributed by atoms with Gasteiger partial charge in [0.25, 0.3) is 0 Å². The first-order valence-electron chi connectivity index (χ1n) is 7.82. The number of anilines is 1. The molecule has 0 spiro atoms. The fourth-order valence-electron chi connectivity index (χ4n) is 2.52. The molecule has 2 aromatic carbocycles. The number of nitrogens with zero attached hydrogens (tertiary/aromatic N) is 5. The highest BCUT2D eigenvalue weighted by atomic mass is 16.3. The number of hydrogen-bond donors (Lipinski definition) is 2. The zero-order chi connectivity index (χ0) is 17.9. The Balaban J connectivity index is 1.64. The standard InChI is InChI=1S/C18H13N7O/c1-11-4-2-3-5-14(11)18-21-15-8-13(6-7-16(15)26-18)20-10-12(9-19)17-22-24-25-23-17/h2-8,10,20H,1H3,(H,22,23,24,25). The number of aromatic amines is 1. The number of nitriles is 1. The first kappa shape index (κ1) is 15.5. The van der Waals surface area contributed by atoms with E-state index in [1.165, 1.54) is 6.20 Å². The molecule has 0 atom stereocenters. The second kappa shape index (κ2) is 6.49. The number of rotatable bonds is 4. The molecule has 0 saturated heterocycles. The van der Waals surface area contributed by atoms with E-state index < -0.39 is 0 Å². The summed E-state index contributed by atoms with van der Waals surface area (Å²) in [4.78, 5) is 4.57. The smallest absolute Gasteiger partial charge is 0.227 e. The first-order chi connectivity index (χ1) is 12.7. The highest BCUT2D eigenvalue weighted by Crippen LogP contribution is 2.28. The van der Waals surface area contributed by atoms with Crippen LogP contribution < -0.4 is 5.32 Å². The number of fused-ring (bicyclic) bond motifs is 1. The van der Waals surface area contributed by atoms with Crippen LogP contribution in [0.4, 0.5) is 5.69 Å². The Labute approximate surface area is 148 Å². The zero-order valence-electron chi connectivity index (χ0n) is 13.8. The molecule has 26 heavy (non-hydrogen) atoms. The average molecular weight is 343 g/mol. The molecule has 0 aliphatic heterocycles. The van der Waals surface area contributed by atoms with Gasteiger partial charge in [0.05, 0.1) is 0 Å². The molecular weight excluding hydrogens is 330 g/mol. The summed E-state index contributed by atoms with van der Waals surface area (Å²) in [5, 5.41) is 25.6. The van der Waals surface area contributed by atoms with E-state index in [-0.39, 0.29) is 11.4 Å². The van der Waals surface area contributed by atoms with Gasteiger partial charge < -0.3 is 9.73 Å². The third-order valence-corrected chi connectivity index (χ3v) is 3.85. The molecule has 0 aliphatic rings. The van der Waals surface area contributed by atoms with Gasteiger partial charge in [-0.25, -0.2) is 4.98 Å². The Hall–Kier alpha value is -3.99. The topological polar surface area (TPSA) is 116 Å². The Morgan fingerprint density at radius 2 is 2.15 bits per heavy atom. The molecule has 2 N–H and O–H groups in total. The molecule has 0 fully saturated rings. The summed E-state index contributed by atoms with van der Waals surface area (Å²) >= 11 is 0. The van der Waals surface area contributed by atoms with Gasteiger partial charge in [-0.1, -0.05) is 18.2 Å². The van der Waals surface area contributed by atoms with Crippen molar-refractivity contribution in [3.8, 4) is 17.5 Å². The van der Waals surface area contributed by atoms with E-state index in [1.54, 1.807) is 0 Å². The van der Waals surface area contributed by atoms with Gasteiger partial charge in [-0.05, 0) is 42.0 Å². The molecular formula is C18H13N7O. The lowest BCUT2D eigenvalue weighted by molar-refractivity contribution is 0.619. The highest BCUT2D eigenvalue weighted by molar-refractivity contribution is 5.81. The van der Waals surface area contributed by atoms with Crippen LogP contribution in [0.5, 0.6) is 0 Å². The van der Waals surface area contributed by atoms with Gasteiger partial charge in [-0.2, -0.15) is 10.5 Å². The molecule has 2 aromatic heterocycles. The molecule has 0 aliphatic carbocycles. The number of aromatic nitrogens is 5. The molecule has 4 aromatic rings. The lowest BCUT2D eigenvalue weighted by atomic mass is 10.1. The molecule has 0 unspecified atom stereocenters. The van der Waals surface area contributed by atoms with Gasteiger partial charge in [0.2, 0.25) is 11.7 Å². The Kier molecular flexibility index (Phi) is 3.88. The van der Waals surface area contributed by atoms with Gasteiger partial charge >= 0.3 is 0 Å². The maximum Gasteiger partial charge on any atom is 0.227 e. The normalized spacial score (nSPS) is 11.5. The third-order valence-electron chi connectivity index (χ3n) is 3.85. The van der Waals surface area contributed by atoms with E-state index in [4.69, 9.17) is 4.42 Å². The average Bonchev–Trinajstić information content (AvgIpc) is 3.32. The minimum absolute atomic E-state index is 0.226. The summed E-state index contributed by atoms with van der Waals surface area (Å²) in [6, 6.07) is 15.5. The van der Waals surface area contributed by atoms with Crippen molar-refractivity contribution in [2.45, 2.75) is 6.92 Å². The summed E-state index contributed by atoms with van der Waals surface area (Å²) in [6.07, 6.45) is 1.52. The lowest BCUT2D eigenvalue weighted by Gasteiger charge is -2.00. The lowest BCUT2D eigenvalue weighted by Crippen LogP contribution is -1.92. The zero-order valence-corrected chi connectivity index (χ0v) is 13.8. The number of allylic oxidation sites excluding steroid dienone is 1. The first-order valence-corrected chi connectivity index (χ1v) is 7.82. The van der Waals surface area contributed by atoms with Gasteiger partial charge in [0.15, 0.2) is 5.58 Å². The summed E-state index contributed by atoms with van der Waals surface area (Å²) in [5.41, 5.74) is 4.50. The molecule has 126 valence electrons. The maximum absolute atomic E-state index is 9.20. The molecule has 8 nitrogen and oxygen atoms in total. The molecule has 4 rings (SSSR count). The monoisotopic (exact) mass is 343 g/mol. The van der Waals surface area contributed by atoms with Crippen LogP contribution in [-0.4, -0.2) is 25.6 Å². The van der Waals surface area contributed by atoms with Crippen molar-refractivity contribution < 1.29 is 4.42 Å². The molecule has 0 saturated carbocycles. The largest absolute Gasteiger partial charge is 0.436 e. The van der Waals surface area contributed by atoms with Crippen molar-refractivity contribution in [1.29, 1.82) is 5.26 Å².